The first-order chi connectivity index (χ1) is 9.31. The molecule has 0 radical (unpaired) electrons. The molecule has 1 rings (SSSR count). The fourth-order valence-electron chi connectivity index (χ4n) is 2.35. The van der Waals surface area contributed by atoms with Crippen LogP contribution in [0.1, 0.15) is 12.8 Å². The van der Waals surface area contributed by atoms with Gasteiger partial charge in [0, 0.05) is 13.7 Å². The van der Waals surface area contributed by atoms with Gasteiger partial charge in [-0.25, -0.2) is 0 Å². The Morgan fingerprint density at radius 2 is 1.95 bits per heavy atom. The van der Waals surface area contributed by atoms with E-state index in [1.165, 1.54) is 0 Å². The molecule has 1 saturated carbocycles. The van der Waals surface area contributed by atoms with E-state index in [1.807, 2.05) is 6.26 Å². The fraction of sp³-hybridized carbons (Fsp3) is 1.00. The minimum absolute atomic E-state index is 0.169. The summed E-state index contributed by atoms with van der Waals surface area (Å²) in [5.41, 5.74) is 0. The lowest BCUT2D eigenvalue weighted by atomic mass is 9.98. The Kier molecular flexibility index (Phi) is 9.85. The van der Waals surface area contributed by atoms with Gasteiger partial charge in [-0.15, -0.1) is 11.8 Å². The van der Waals surface area contributed by atoms with Gasteiger partial charge in [0.1, 0.15) is 6.79 Å². The van der Waals surface area contributed by atoms with Crippen LogP contribution in [-0.4, -0.2) is 63.7 Å². The van der Waals surface area contributed by atoms with E-state index in [4.69, 9.17) is 18.9 Å². The summed E-state index contributed by atoms with van der Waals surface area (Å²) in [6, 6.07) is 0. The quantitative estimate of drug-likeness (QED) is 0.458. The van der Waals surface area contributed by atoms with E-state index in [0.29, 0.717) is 38.5 Å². The summed E-state index contributed by atoms with van der Waals surface area (Å²) in [5, 5.41) is 9.39. The zero-order valence-electron chi connectivity index (χ0n) is 11.9. The summed E-state index contributed by atoms with van der Waals surface area (Å²) in [4.78, 5) is 0. The maximum atomic E-state index is 9.39. The molecular formula is C13H26O5S. The maximum absolute atomic E-state index is 9.39. The van der Waals surface area contributed by atoms with Crippen LogP contribution in [0.15, 0.2) is 0 Å². The largest absolute Gasteiger partial charge is 0.396 e. The molecule has 114 valence electrons. The second-order valence-electron chi connectivity index (χ2n) is 4.76. The van der Waals surface area contributed by atoms with Gasteiger partial charge in [-0.3, -0.25) is 0 Å². The monoisotopic (exact) mass is 294 g/mol. The lowest BCUT2D eigenvalue weighted by Gasteiger charge is -2.16. The van der Waals surface area contributed by atoms with Crippen LogP contribution < -0.4 is 0 Å². The highest BCUT2D eigenvalue weighted by Crippen LogP contribution is 2.33. The molecule has 6 heteroatoms. The molecular weight excluding hydrogens is 268 g/mol. The number of ether oxygens (including phenoxy) is 4. The number of thioether (sulfide) groups is 1. The highest BCUT2D eigenvalue weighted by atomic mass is 32.2. The normalized spacial score (nSPS) is 27.0. The number of hydrogen-bond donors (Lipinski definition) is 1. The van der Waals surface area contributed by atoms with Gasteiger partial charge in [0.25, 0.3) is 0 Å². The first kappa shape index (κ1) is 17.2. The van der Waals surface area contributed by atoms with Crippen molar-refractivity contribution in [2.45, 2.75) is 18.9 Å². The van der Waals surface area contributed by atoms with Crippen LogP contribution in [0.5, 0.6) is 0 Å². The van der Waals surface area contributed by atoms with Gasteiger partial charge < -0.3 is 24.1 Å². The van der Waals surface area contributed by atoms with Crippen molar-refractivity contribution in [1.29, 1.82) is 0 Å². The summed E-state index contributed by atoms with van der Waals surface area (Å²) < 4.78 is 21.4. The maximum Gasteiger partial charge on any atom is 0.147 e. The van der Waals surface area contributed by atoms with Crippen molar-refractivity contribution >= 4 is 11.8 Å². The third-order valence-corrected chi connectivity index (χ3v) is 3.79. The Labute approximate surface area is 119 Å². The molecule has 0 heterocycles. The van der Waals surface area contributed by atoms with E-state index >= 15 is 0 Å². The van der Waals surface area contributed by atoms with Crippen molar-refractivity contribution in [3.63, 3.8) is 0 Å². The molecule has 1 aliphatic rings. The van der Waals surface area contributed by atoms with Gasteiger partial charge in [0.15, 0.2) is 0 Å². The van der Waals surface area contributed by atoms with Gasteiger partial charge in [0.2, 0.25) is 0 Å². The standard InChI is InChI=1S/C13H26O5S/c1-15-3-4-16-9-18-13-5-11(7-14)12(6-13)8-17-10-19-2/h11-14H,3-10H2,1-2H3/t11-,12+,13+/m1/s1. The van der Waals surface area contributed by atoms with Crippen LogP contribution in [-0.2, 0) is 18.9 Å². The molecule has 1 aliphatic carbocycles. The Hall–Kier alpha value is 0.150. The molecule has 0 bridgehead atoms. The number of aliphatic hydroxyl groups excluding tert-OH is 1. The van der Waals surface area contributed by atoms with E-state index in [0.717, 1.165) is 12.8 Å². The predicted octanol–water partition coefficient (Wildman–Crippen LogP) is 1.35. The summed E-state index contributed by atoms with van der Waals surface area (Å²) >= 11 is 1.67. The minimum atomic E-state index is 0.169. The van der Waals surface area contributed by atoms with Crippen molar-refractivity contribution in [1.82, 2.24) is 0 Å². The molecule has 0 saturated heterocycles. The first-order valence-corrected chi connectivity index (χ1v) is 8.07. The van der Waals surface area contributed by atoms with Crippen LogP contribution in [0.2, 0.25) is 0 Å². The Bertz CT molecular complexity index is 217. The number of methoxy groups -OCH3 is 1. The van der Waals surface area contributed by atoms with Crippen molar-refractivity contribution < 1.29 is 24.1 Å². The number of aliphatic hydroxyl groups is 1. The molecule has 0 aromatic carbocycles. The number of hydrogen-bond acceptors (Lipinski definition) is 6. The van der Waals surface area contributed by atoms with E-state index in [1.54, 1.807) is 18.9 Å². The zero-order valence-corrected chi connectivity index (χ0v) is 12.7. The molecule has 0 unspecified atom stereocenters. The van der Waals surface area contributed by atoms with Crippen molar-refractivity contribution in [2.24, 2.45) is 11.8 Å². The molecule has 1 fully saturated rings. The summed E-state index contributed by atoms with van der Waals surface area (Å²) in [7, 11) is 1.65. The van der Waals surface area contributed by atoms with E-state index < -0.39 is 0 Å². The Balaban J connectivity index is 2.15. The molecule has 1 N–H and O–H groups in total. The van der Waals surface area contributed by atoms with E-state index in [-0.39, 0.29) is 18.6 Å². The topological polar surface area (TPSA) is 57.2 Å². The smallest absolute Gasteiger partial charge is 0.147 e. The van der Waals surface area contributed by atoms with Gasteiger partial charge in [-0.05, 0) is 30.9 Å². The molecule has 3 atom stereocenters. The molecule has 0 aromatic heterocycles. The van der Waals surface area contributed by atoms with Crippen molar-refractivity contribution in [3.05, 3.63) is 0 Å². The van der Waals surface area contributed by atoms with Gasteiger partial charge in [0.05, 0.1) is 31.9 Å². The lowest BCUT2D eigenvalue weighted by Crippen LogP contribution is -2.17. The average Bonchev–Trinajstić information content (AvgIpc) is 2.81. The van der Waals surface area contributed by atoms with Crippen LogP contribution in [0, 0.1) is 11.8 Å². The first-order valence-electron chi connectivity index (χ1n) is 6.67. The third kappa shape index (κ3) is 6.92. The molecule has 0 aliphatic heterocycles. The van der Waals surface area contributed by atoms with Gasteiger partial charge in [-0.1, -0.05) is 0 Å². The van der Waals surface area contributed by atoms with E-state index in [2.05, 4.69) is 0 Å². The van der Waals surface area contributed by atoms with Crippen LogP contribution in [0.3, 0.4) is 0 Å². The molecule has 19 heavy (non-hydrogen) atoms. The highest BCUT2D eigenvalue weighted by Gasteiger charge is 2.34. The lowest BCUT2D eigenvalue weighted by molar-refractivity contribution is -0.0971. The zero-order chi connectivity index (χ0) is 13.9. The minimum Gasteiger partial charge on any atom is -0.396 e. The molecule has 0 aromatic rings. The third-order valence-electron chi connectivity index (χ3n) is 3.38. The molecule has 0 amide bonds. The summed E-state index contributed by atoms with van der Waals surface area (Å²) in [6.07, 6.45) is 4.01. The SMILES string of the molecule is COCCOCO[C@@H]1C[C@@H](COCSC)[C@@H](CO)C1. The highest BCUT2D eigenvalue weighted by molar-refractivity contribution is 7.98. The Morgan fingerprint density at radius 3 is 2.63 bits per heavy atom. The van der Waals surface area contributed by atoms with Crippen LogP contribution in [0.25, 0.3) is 0 Å². The Morgan fingerprint density at radius 1 is 1.16 bits per heavy atom. The predicted molar refractivity (Wildman–Crippen MR) is 75.2 cm³/mol. The molecule has 5 nitrogen and oxygen atoms in total. The van der Waals surface area contributed by atoms with Crippen LogP contribution >= 0.6 is 11.8 Å². The summed E-state index contributed by atoms with van der Waals surface area (Å²) in [5.74, 6) is 1.38. The van der Waals surface area contributed by atoms with Crippen molar-refractivity contribution in [3.8, 4) is 0 Å². The van der Waals surface area contributed by atoms with Gasteiger partial charge in [-0.2, -0.15) is 0 Å². The number of rotatable bonds is 11. The molecule has 0 spiro atoms. The fourth-order valence-corrected chi connectivity index (χ4v) is 2.61. The summed E-state index contributed by atoms with van der Waals surface area (Å²) in [6.45, 7) is 2.34. The second kappa shape index (κ2) is 10.9. The van der Waals surface area contributed by atoms with Gasteiger partial charge >= 0.3 is 0 Å². The second-order valence-corrected chi connectivity index (χ2v) is 5.57. The van der Waals surface area contributed by atoms with E-state index in [9.17, 15) is 5.11 Å². The average molecular weight is 294 g/mol. The van der Waals surface area contributed by atoms with Crippen molar-refractivity contribution in [2.75, 3.05) is 52.5 Å². The van der Waals surface area contributed by atoms with Crippen LogP contribution in [0.4, 0.5) is 0 Å².